The van der Waals surface area contributed by atoms with E-state index in [0.717, 1.165) is 5.92 Å². The highest BCUT2D eigenvalue weighted by Crippen LogP contribution is 2.29. The molecule has 0 aromatic rings. The Morgan fingerprint density at radius 1 is 1.00 bits per heavy atom. The molecule has 1 aliphatic heterocycles. The Kier molecular flexibility index (Phi) is 17.6. The number of urea groups is 1. The molecule has 0 aromatic carbocycles. The molecule has 12 heteroatoms. The number of ketones is 1. The summed E-state index contributed by atoms with van der Waals surface area (Å²) in [7, 11) is 1.64. The van der Waals surface area contributed by atoms with Crippen LogP contribution in [0.5, 0.6) is 0 Å². The van der Waals surface area contributed by atoms with Crippen LogP contribution < -0.4 is 21.3 Å². The third-order valence-electron chi connectivity index (χ3n) is 7.05. The Labute approximate surface area is 264 Å². The number of Topliss-reactive ketones (excluding diaryl/α,β-unsaturated/α-hetero) is 1. The largest absolute Gasteiger partial charge is 0.346 e. The molecular weight excluding hydrogens is 564 g/mol. The summed E-state index contributed by atoms with van der Waals surface area (Å²) in [5.41, 5.74) is -0.718. The molecule has 0 aliphatic carbocycles. The van der Waals surface area contributed by atoms with Gasteiger partial charge >= 0.3 is 6.03 Å². The van der Waals surface area contributed by atoms with Gasteiger partial charge in [0.2, 0.25) is 23.5 Å². The molecule has 252 valence electrons. The van der Waals surface area contributed by atoms with Crippen molar-refractivity contribution in [1.82, 2.24) is 31.1 Å². The van der Waals surface area contributed by atoms with Crippen molar-refractivity contribution in [3.63, 3.8) is 0 Å². The topological polar surface area (TPSA) is 157 Å². The Morgan fingerprint density at radius 2 is 1.57 bits per heavy atom. The maximum Gasteiger partial charge on any atom is 0.315 e. The van der Waals surface area contributed by atoms with Gasteiger partial charge in [0.1, 0.15) is 12.1 Å². The lowest BCUT2D eigenvalue weighted by molar-refractivity contribution is -0.144. The second kappa shape index (κ2) is 19.1. The summed E-state index contributed by atoms with van der Waals surface area (Å²) in [5.74, 6) is -2.20. The van der Waals surface area contributed by atoms with Gasteiger partial charge in [-0.15, -0.1) is 6.58 Å². The van der Waals surface area contributed by atoms with Gasteiger partial charge in [-0.3, -0.25) is 24.0 Å². The molecule has 12 nitrogen and oxygen atoms in total. The zero-order valence-electron chi connectivity index (χ0n) is 28.8. The minimum Gasteiger partial charge on any atom is -0.346 e. The zero-order chi connectivity index (χ0) is 34.4. The first-order valence-corrected chi connectivity index (χ1v) is 15.6. The summed E-state index contributed by atoms with van der Waals surface area (Å²) in [6.07, 6.45) is 2.81. The van der Waals surface area contributed by atoms with Gasteiger partial charge in [0.25, 0.3) is 5.91 Å². The summed E-state index contributed by atoms with van der Waals surface area (Å²) in [6.45, 7) is 22.9. The van der Waals surface area contributed by atoms with Crippen LogP contribution in [0.25, 0.3) is 0 Å². The van der Waals surface area contributed by atoms with E-state index in [1.807, 2.05) is 27.7 Å². The highest BCUT2D eigenvalue weighted by atomic mass is 16.2. The Bertz CT molecular complexity index is 1000. The molecule has 1 rings (SSSR count). The maximum atomic E-state index is 13.8. The van der Waals surface area contributed by atoms with E-state index >= 15 is 0 Å². The molecule has 0 radical (unpaired) electrons. The van der Waals surface area contributed by atoms with Crippen LogP contribution in [0.1, 0.15) is 88.5 Å². The number of likely N-dealkylation sites (N-methyl/N-ethyl adjacent to an activating group) is 1. The summed E-state index contributed by atoms with van der Waals surface area (Å²) in [6, 6.07) is -3.62. The first kappa shape index (κ1) is 40.6. The molecule has 0 spiro atoms. The predicted molar refractivity (Wildman–Crippen MR) is 173 cm³/mol. The van der Waals surface area contributed by atoms with Crippen molar-refractivity contribution in [2.75, 3.05) is 26.7 Å². The number of likely N-dealkylation sites (tertiary alicyclic amines) is 1. The normalized spacial score (nSPS) is 17.5. The van der Waals surface area contributed by atoms with Crippen LogP contribution in [0, 0.1) is 17.3 Å². The molecule has 6 amide bonds. The Morgan fingerprint density at radius 3 is 2.05 bits per heavy atom. The standard InChI is InChI=1S/C28H48N6O6.C4H10/c1-10-12-19(22(36)25(38)29-14-11-2)31-24(37)21-18(5)13-15-34(21)26(39)23(28(6,7)8)32-27(40)30-16-20(35)33(9)17(3)4;1-4(2)3/h11,17-19,21,23H,2,10,12-16H2,1,3-9H3,(H,29,38)(H,31,37)(H2,30,32,40);4H,1-3H3/t18-,19?,21?,23+;/m0./s1. The lowest BCUT2D eigenvalue weighted by atomic mass is 9.85. The van der Waals surface area contributed by atoms with E-state index < -0.39 is 53.1 Å². The number of rotatable bonds is 13. The number of nitrogens with one attached hydrogen (secondary N) is 4. The molecule has 1 aliphatic rings. The number of carbonyl (C=O) groups is 6. The number of hydrogen-bond donors (Lipinski definition) is 4. The Hall–Kier alpha value is -3.44. The first-order chi connectivity index (χ1) is 20.3. The molecule has 4 N–H and O–H groups in total. The smallest absolute Gasteiger partial charge is 0.315 e. The van der Waals surface area contributed by atoms with Crippen molar-refractivity contribution < 1.29 is 28.8 Å². The van der Waals surface area contributed by atoms with E-state index in [1.165, 1.54) is 15.9 Å². The van der Waals surface area contributed by atoms with Crippen molar-refractivity contribution in [1.29, 1.82) is 0 Å². The second-order valence-corrected chi connectivity index (χ2v) is 13.4. The van der Waals surface area contributed by atoms with Crippen molar-refractivity contribution in [2.45, 2.75) is 113 Å². The van der Waals surface area contributed by atoms with Gasteiger partial charge in [-0.25, -0.2) is 4.79 Å². The second-order valence-electron chi connectivity index (χ2n) is 13.4. The van der Waals surface area contributed by atoms with E-state index in [9.17, 15) is 28.8 Å². The summed E-state index contributed by atoms with van der Waals surface area (Å²) >= 11 is 0. The third kappa shape index (κ3) is 13.5. The number of hydrogen-bond acceptors (Lipinski definition) is 6. The minimum absolute atomic E-state index is 0.0322. The SMILES string of the molecule is C=CCNC(=O)C(=O)C(CCC)NC(=O)C1[C@@H](C)CCN1C(=O)[C@@H](NC(=O)NCC(=O)N(C)C(C)C)C(C)(C)C.CC(C)C. The summed E-state index contributed by atoms with van der Waals surface area (Å²) in [5, 5.41) is 10.3. The maximum absolute atomic E-state index is 13.8. The molecule has 1 fully saturated rings. The molecule has 2 unspecified atom stereocenters. The fraction of sp³-hybridized carbons (Fsp3) is 0.750. The average Bonchev–Trinajstić information content (AvgIpc) is 3.32. The molecule has 0 aromatic heterocycles. The van der Waals surface area contributed by atoms with Crippen LogP contribution in [-0.4, -0.2) is 96.1 Å². The molecule has 44 heavy (non-hydrogen) atoms. The fourth-order valence-electron chi connectivity index (χ4n) is 4.38. The lowest BCUT2D eigenvalue weighted by Crippen LogP contribution is -2.61. The van der Waals surface area contributed by atoms with Crippen LogP contribution in [0.2, 0.25) is 0 Å². The highest BCUT2D eigenvalue weighted by molar-refractivity contribution is 6.38. The zero-order valence-corrected chi connectivity index (χ0v) is 28.8. The van der Waals surface area contributed by atoms with Gasteiger partial charge in [-0.1, -0.05) is 67.9 Å². The summed E-state index contributed by atoms with van der Waals surface area (Å²) in [4.78, 5) is 80.1. The van der Waals surface area contributed by atoms with Crippen LogP contribution in [-0.2, 0) is 24.0 Å². The van der Waals surface area contributed by atoms with E-state index in [2.05, 4.69) is 48.6 Å². The molecule has 1 heterocycles. The molecule has 0 saturated carbocycles. The van der Waals surface area contributed by atoms with Gasteiger partial charge in [0, 0.05) is 26.2 Å². The van der Waals surface area contributed by atoms with Crippen molar-refractivity contribution >= 4 is 35.4 Å². The minimum atomic E-state index is -1.03. The molecule has 4 atom stereocenters. The predicted octanol–water partition coefficient (Wildman–Crippen LogP) is 2.62. The lowest BCUT2D eigenvalue weighted by Gasteiger charge is -2.36. The Balaban J connectivity index is 0.00000433. The van der Waals surface area contributed by atoms with E-state index in [0.29, 0.717) is 12.8 Å². The van der Waals surface area contributed by atoms with Gasteiger partial charge in [-0.05, 0) is 43.9 Å². The van der Waals surface area contributed by atoms with Crippen LogP contribution in [0.4, 0.5) is 4.79 Å². The molecular formula is C32H58N6O6. The third-order valence-corrected chi connectivity index (χ3v) is 7.05. The molecule has 0 bridgehead atoms. The van der Waals surface area contributed by atoms with E-state index in [4.69, 9.17) is 0 Å². The van der Waals surface area contributed by atoms with E-state index in [-0.39, 0.29) is 43.9 Å². The van der Waals surface area contributed by atoms with Crippen LogP contribution >= 0.6 is 0 Å². The number of nitrogens with zero attached hydrogens (tertiary/aromatic N) is 2. The quantitative estimate of drug-likeness (QED) is 0.183. The average molecular weight is 623 g/mol. The highest BCUT2D eigenvalue weighted by Gasteiger charge is 2.45. The first-order valence-electron chi connectivity index (χ1n) is 15.6. The van der Waals surface area contributed by atoms with Gasteiger partial charge in [0.15, 0.2) is 0 Å². The molecule has 1 saturated heterocycles. The number of amides is 6. The van der Waals surface area contributed by atoms with Gasteiger partial charge in [0.05, 0.1) is 12.6 Å². The van der Waals surface area contributed by atoms with E-state index in [1.54, 1.807) is 27.8 Å². The van der Waals surface area contributed by atoms with Crippen molar-refractivity contribution in [3.8, 4) is 0 Å². The van der Waals surface area contributed by atoms with Crippen molar-refractivity contribution in [3.05, 3.63) is 12.7 Å². The van der Waals surface area contributed by atoms with Crippen LogP contribution in [0.3, 0.4) is 0 Å². The van der Waals surface area contributed by atoms with Crippen molar-refractivity contribution in [2.24, 2.45) is 17.3 Å². The fourth-order valence-corrected chi connectivity index (χ4v) is 4.38. The van der Waals surface area contributed by atoms with Gasteiger partial charge < -0.3 is 31.1 Å². The number of carbonyl (C=O) groups excluding carboxylic acids is 6. The monoisotopic (exact) mass is 622 g/mol. The van der Waals surface area contributed by atoms with Crippen LogP contribution in [0.15, 0.2) is 12.7 Å². The van der Waals surface area contributed by atoms with Gasteiger partial charge in [-0.2, -0.15) is 0 Å². The summed E-state index contributed by atoms with van der Waals surface area (Å²) < 4.78 is 0.